The van der Waals surface area contributed by atoms with Gasteiger partial charge in [0, 0.05) is 0 Å². The Bertz CT molecular complexity index is 365. The van der Waals surface area contributed by atoms with Gasteiger partial charge in [-0.3, -0.25) is 10.2 Å². The van der Waals surface area contributed by atoms with Gasteiger partial charge in [-0.05, 0) is 56.3 Å². The maximum atomic E-state index is 12.9. The number of amides is 1. The van der Waals surface area contributed by atoms with Crippen LogP contribution in [-0.2, 0) is 4.79 Å². The molecule has 1 heterocycles. The van der Waals surface area contributed by atoms with Gasteiger partial charge in [0.1, 0.15) is 0 Å². The molecule has 0 aromatic rings. The molecule has 4 aliphatic carbocycles. The molecule has 112 valence electrons. The largest absolute Gasteiger partial charge is 0.335 e. The summed E-state index contributed by atoms with van der Waals surface area (Å²) >= 11 is 0. The quantitative estimate of drug-likeness (QED) is 0.750. The highest BCUT2D eigenvalue weighted by Crippen LogP contribution is 2.60. The van der Waals surface area contributed by atoms with Gasteiger partial charge in [0.2, 0.25) is 5.91 Å². The third-order valence-electron chi connectivity index (χ3n) is 6.40. The van der Waals surface area contributed by atoms with Gasteiger partial charge in [-0.1, -0.05) is 0 Å². The smallest absolute Gasteiger partial charge is 0.240 e. The Labute approximate surface area is 121 Å². The average Bonchev–Trinajstić information content (AvgIpc) is 2.40. The van der Waals surface area contributed by atoms with Crippen molar-refractivity contribution >= 4 is 5.91 Å². The minimum Gasteiger partial charge on any atom is -0.335 e. The van der Waals surface area contributed by atoms with Crippen molar-refractivity contribution in [3.8, 4) is 0 Å². The molecule has 20 heavy (non-hydrogen) atoms. The minimum atomic E-state index is 0.00492. The molecule has 4 bridgehead atoms. The summed E-state index contributed by atoms with van der Waals surface area (Å²) in [4.78, 5) is 14.5. The molecule has 0 unspecified atom stereocenters. The first kappa shape index (κ1) is 13.1. The third kappa shape index (κ3) is 2.17. The Hall–Kier alpha value is -0.610. The number of piperazine rings is 1. The molecular weight excluding hydrogens is 250 g/mol. The van der Waals surface area contributed by atoms with Gasteiger partial charge in [-0.25, -0.2) is 5.01 Å². The molecule has 0 aromatic heterocycles. The number of hydrazine groups is 1. The van der Waals surface area contributed by atoms with E-state index in [-0.39, 0.29) is 5.41 Å². The zero-order valence-corrected chi connectivity index (χ0v) is 12.7. The summed E-state index contributed by atoms with van der Waals surface area (Å²) in [6.45, 7) is 4.29. The molecular formula is C16H28N3O+. The number of rotatable bonds is 2. The number of carbonyl (C=O) groups excluding carboxylic acids is 1. The van der Waals surface area contributed by atoms with Gasteiger partial charge < -0.3 is 4.90 Å². The van der Waals surface area contributed by atoms with E-state index >= 15 is 0 Å². The van der Waals surface area contributed by atoms with Crippen molar-refractivity contribution in [2.24, 2.45) is 23.2 Å². The summed E-state index contributed by atoms with van der Waals surface area (Å²) in [5.74, 6) is 2.91. The van der Waals surface area contributed by atoms with E-state index in [0.29, 0.717) is 5.91 Å². The van der Waals surface area contributed by atoms with Crippen LogP contribution in [0.25, 0.3) is 0 Å². The normalized spacial score (nSPS) is 44.8. The molecule has 4 heteroatoms. The second kappa shape index (κ2) is 4.70. The van der Waals surface area contributed by atoms with Crippen molar-refractivity contribution in [1.29, 1.82) is 0 Å². The first-order chi connectivity index (χ1) is 9.63. The Morgan fingerprint density at radius 1 is 1.05 bits per heavy atom. The van der Waals surface area contributed by atoms with E-state index in [4.69, 9.17) is 0 Å². The van der Waals surface area contributed by atoms with Crippen LogP contribution in [0.15, 0.2) is 0 Å². The van der Waals surface area contributed by atoms with E-state index in [0.717, 1.165) is 43.9 Å². The maximum absolute atomic E-state index is 12.9. The topological polar surface area (TPSA) is 36.8 Å². The Balaban J connectivity index is 1.43. The molecule has 1 amide bonds. The van der Waals surface area contributed by atoms with E-state index < -0.39 is 0 Å². The van der Waals surface area contributed by atoms with E-state index in [9.17, 15) is 4.79 Å². The van der Waals surface area contributed by atoms with Crippen molar-refractivity contribution in [1.82, 2.24) is 10.4 Å². The van der Waals surface area contributed by atoms with Gasteiger partial charge >= 0.3 is 0 Å². The molecule has 0 atom stereocenters. The predicted molar refractivity (Wildman–Crippen MR) is 76.9 cm³/mol. The molecule has 1 saturated heterocycles. The molecule has 4 nitrogen and oxygen atoms in total. The standard InChI is InChI=1S/C16H27N3O/c1-18-2-4-19(5-3-18)17-15(20)16-9-12-6-13(10-16)8-14(7-12)11-16/h12-14H,2-11H2,1H3,(H,17,20)/p+1. The number of hydrogen-bond donors (Lipinski definition) is 2. The number of quaternary nitrogens is 1. The van der Waals surface area contributed by atoms with E-state index in [1.807, 2.05) is 0 Å². The lowest BCUT2D eigenvalue weighted by molar-refractivity contribution is -0.884. The van der Waals surface area contributed by atoms with Crippen molar-refractivity contribution in [3.63, 3.8) is 0 Å². The lowest BCUT2D eigenvalue weighted by Crippen LogP contribution is -3.12. The van der Waals surface area contributed by atoms with Crippen LogP contribution in [0, 0.1) is 23.2 Å². The number of carbonyl (C=O) groups is 1. The number of nitrogens with zero attached hydrogens (tertiary/aromatic N) is 1. The highest BCUT2D eigenvalue weighted by Gasteiger charge is 2.54. The molecule has 1 aliphatic heterocycles. The molecule has 0 spiro atoms. The Morgan fingerprint density at radius 2 is 1.55 bits per heavy atom. The lowest BCUT2D eigenvalue weighted by Gasteiger charge is -2.56. The number of likely N-dealkylation sites (N-methyl/N-ethyl adjacent to an activating group) is 1. The van der Waals surface area contributed by atoms with Crippen LogP contribution in [0.5, 0.6) is 0 Å². The summed E-state index contributed by atoms with van der Waals surface area (Å²) in [5, 5.41) is 2.17. The van der Waals surface area contributed by atoms with E-state index in [1.54, 1.807) is 4.90 Å². The van der Waals surface area contributed by atoms with Crippen molar-refractivity contribution in [2.75, 3.05) is 33.2 Å². The van der Waals surface area contributed by atoms with Crippen LogP contribution in [0.4, 0.5) is 0 Å². The van der Waals surface area contributed by atoms with Gasteiger partial charge in [0.25, 0.3) is 0 Å². The fraction of sp³-hybridized carbons (Fsp3) is 0.938. The summed E-state index contributed by atoms with van der Waals surface area (Å²) in [5.41, 5.74) is 3.28. The molecule has 5 aliphatic rings. The SMILES string of the molecule is C[NH+]1CCN(NC(=O)C23CC4CC(CC(C4)C2)C3)CC1. The summed E-state index contributed by atoms with van der Waals surface area (Å²) in [7, 11) is 2.23. The van der Waals surface area contributed by atoms with Crippen LogP contribution in [0.1, 0.15) is 38.5 Å². The summed E-state index contributed by atoms with van der Waals surface area (Å²) in [6, 6.07) is 0. The Kier molecular flexibility index (Phi) is 3.08. The molecule has 2 N–H and O–H groups in total. The van der Waals surface area contributed by atoms with Crippen molar-refractivity contribution in [3.05, 3.63) is 0 Å². The molecule has 5 rings (SSSR count). The fourth-order valence-electron chi connectivity index (χ4n) is 5.65. The second-order valence-electron chi connectivity index (χ2n) is 8.08. The molecule has 5 fully saturated rings. The van der Waals surface area contributed by atoms with Gasteiger partial charge in [-0.2, -0.15) is 0 Å². The van der Waals surface area contributed by atoms with Crippen LogP contribution in [-0.4, -0.2) is 44.1 Å². The highest BCUT2D eigenvalue weighted by atomic mass is 16.2. The van der Waals surface area contributed by atoms with Crippen LogP contribution < -0.4 is 10.3 Å². The first-order valence-electron chi connectivity index (χ1n) is 8.50. The molecule has 0 aromatic carbocycles. The Morgan fingerprint density at radius 3 is 2.05 bits per heavy atom. The van der Waals surface area contributed by atoms with Crippen LogP contribution in [0.3, 0.4) is 0 Å². The predicted octanol–water partition coefficient (Wildman–Crippen LogP) is 0.0643. The summed E-state index contributed by atoms with van der Waals surface area (Å²) in [6.07, 6.45) is 7.73. The van der Waals surface area contributed by atoms with E-state index in [2.05, 4.69) is 17.5 Å². The third-order valence-corrected chi connectivity index (χ3v) is 6.40. The number of hydrogen-bond acceptors (Lipinski definition) is 2. The van der Waals surface area contributed by atoms with Gasteiger partial charge in [0.05, 0.1) is 38.6 Å². The van der Waals surface area contributed by atoms with Crippen molar-refractivity contribution in [2.45, 2.75) is 38.5 Å². The van der Waals surface area contributed by atoms with Crippen molar-refractivity contribution < 1.29 is 9.69 Å². The molecule has 0 radical (unpaired) electrons. The first-order valence-corrected chi connectivity index (χ1v) is 8.50. The average molecular weight is 278 g/mol. The summed E-state index contributed by atoms with van der Waals surface area (Å²) < 4.78 is 0. The van der Waals surface area contributed by atoms with E-state index in [1.165, 1.54) is 38.5 Å². The zero-order valence-electron chi connectivity index (χ0n) is 12.7. The zero-order chi connectivity index (χ0) is 13.7. The highest BCUT2D eigenvalue weighted by molar-refractivity contribution is 5.82. The minimum absolute atomic E-state index is 0.00492. The van der Waals surface area contributed by atoms with Crippen LogP contribution in [0.2, 0.25) is 0 Å². The lowest BCUT2D eigenvalue weighted by atomic mass is 9.49. The molecule has 4 saturated carbocycles. The second-order valence-corrected chi connectivity index (χ2v) is 8.08. The van der Waals surface area contributed by atoms with Crippen LogP contribution >= 0.6 is 0 Å². The monoisotopic (exact) mass is 278 g/mol. The van der Waals surface area contributed by atoms with Gasteiger partial charge in [0.15, 0.2) is 0 Å². The fourth-order valence-corrected chi connectivity index (χ4v) is 5.65. The number of nitrogens with one attached hydrogen (secondary N) is 2. The maximum Gasteiger partial charge on any atom is 0.240 e. The van der Waals surface area contributed by atoms with Gasteiger partial charge in [-0.15, -0.1) is 0 Å².